The number of nitrogens with one attached hydrogen (secondary N) is 1. The van der Waals surface area contributed by atoms with Gasteiger partial charge in [0.05, 0.1) is 0 Å². The molecule has 1 saturated carbocycles. The quantitative estimate of drug-likeness (QED) is 0.819. The third-order valence-electron chi connectivity index (χ3n) is 3.40. The van der Waals surface area contributed by atoms with Gasteiger partial charge in [-0.25, -0.2) is 4.98 Å². The molecule has 0 radical (unpaired) electrons. The fraction of sp³-hybridized carbons (Fsp3) is 0.538. The van der Waals surface area contributed by atoms with Crippen molar-refractivity contribution in [2.24, 2.45) is 11.7 Å². The minimum atomic E-state index is 0.0155. The average molecular weight is 265 g/mol. The summed E-state index contributed by atoms with van der Waals surface area (Å²) in [6, 6.07) is 3.97. The van der Waals surface area contributed by atoms with Crippen molar-refractivity contribution < 1.29 is 4.79 Å². The minimum Gasteiger partial charge on any atom is -0.327 e. The number of nitrogens with zero attached hydrogens (tertiary/aromatic N) is 1. The molecule has 0 aliphatic heterocycles. The smallest absolute Gasteiger partial charge is 0.225 e. The fourth-order valence-electron chi connectivity index (χ4n) is 2.33. The Bertz CT molecular complexity index is 407. The standard InChI is InChI=1S/C13H19N3OS/c1-18-10-5-6-12(15-8-10)16-13(17)7-9-3-2-4-11(9)14/h5-6,8-9,11H,2-4,7,14H2,1H3,(H,15,16,17)/t9-,11+/m0/s1. The number of thioether (sulfide) groups is 1. The largest absolute Gasteiger partial charge is 0.327 e. The maximum Gasteiger partial charge on any atom is 0.225 e. The molecular formula is C13H19N3OS. The van der Waals surface area contributed by atoms with Crippen LogP contribution in [-0.2, 0) is 4.79 Å². The first-order valence-corrected chi connectivity index (χ1v) is 7.47. The van der Waals surface area contributed by atoms with E-state index >= 15 is 0 Å². The van der Waals surface area contributed by atoms with E-state index < -0.39 is 0 Å². The second kappa shape index (κ2) is 6.20. The molecule has 18 heavy (non-hydrogen) atoms. The number of nitrogens with two attached hydrogens (primary N) is 1. The Labute approximate surface area is 112 Å². The molecule has 0 unspecified atom stereocenters. The summed E-state index contributed by atoms with van der Waals surface area (Å²) in [5.74, 6) is 0.960. The number of aromatic nitrogens is 1. The zero-order chi connectivity index (χ0) is 13.0. The Morgan fingerprint density at radius 3 is 2.94 bits per heavy atom. The zero-order valence-electron chi connectivity index (χ0n) is 10.6. The molecule has 4 nitrogen and oxygen atoms in total. The first-order chi connectivity index (χ1) is 8.69. The van der Waals surface area contributed by atoms with E-state index in [9.17, 15) is 4.79 Å². The summed E-state index contributed by atoms with van der Waals surface area (Å²) < 4.78 is 0. The van der Waals surface area contributed by atoms with Crippen molar-refractivity contribution in [1.29, 1.82) is 0 Å². The van der Waals surface area contributed by atoms with Crippen molar-refractivity contribution in [2.75, 3.05) is 11.6 Å². The second-order valence-electron chi connectivity index (χ2n) is 4.69. The van der Waals surface area contributed by atoms with Crippen molar-refractivity contribution in [2.45, 2.75) is 36.6 Å². The molecule has 1 aromatic heterocycles. The van der Waals surface area contributed by atoms with Gasteiger partial charge in [0.1, 0.15) is 5.82 Å². The highest BCUT2D eigenvalue weighted by Gasteiger charge is 2.26. The number of carbonyl (C=O) groups is 1. The fourth-order valence-corrected chi connectivity index (χ4v) is 2.69. The van der Waals surface area contributed by atoms with Gasteiger partial charge in [-0.05, 0) is 37.1 Å². The Kier molecular flexibility index (Phi) is 4.60. The Morgan fingerprint density at radius 1 is 1.56 bits per heavy atom. The van der Waals surface area contributed by atoms with Crippen molar-refractivity contribution >= 4 is 23.5 Å². The number of pyridine rings is 1. The summed E-state index contributed by atoms with van der Waals surface area (Å²) in [6.45, 7) is 0. The lowest BCUT2D eigenvalue weighted by molar-refractivity contribution is -0.117. The number of anilines is 1. The number of hydrogen-bond donors (Lipinski definition) is 2. The Morgan fingerprint density at radius 2 is 2.39 bits per heavy atom. The molecule has 2 atom stereocenters. The van der Waals surface area contributed by atoms with Crippen LogP contribution >= 0.6 is 11.8 Å². The van der Waals surface area contributed by atoms with Gasteiger partial charge in [-0.1, -0.05) is 6.42 Å². The summed E-state index contributed by atoms with van der Waals surface area (Å²) >= 11 is 1.63. The van der Waals surface area contributed by atoms with Crippen LogP contribution in [-0.4, -0.2) is 23.2 Å². The van der Waals surface area contributed by atoms with Crippen LogP contribution in [0, 0.1) is 5.92 Å². The zero-order valence-corrected chi connectivity index (χ0v) is 11.4. The summed E-state index contributed by atoms with van der Waals surface area (Å²) in [7, 11) is 0. The van der Waals surface area contributed by atoms with E-state index in [1.165, 1.54) is 0 Å². The highest BCUT2D eigenvalue weighted by Crippen LogP contribution is 2.27. The molecule has 3 N–H and O–H groups in total. The summed E-state index contributed by atoms with van der Waals surface area (Å²) in [6.07, 6.45) is 7.51. The maximum atomic E-state index is 11.9. The van der Waals surface area contributed by atoms with E-state index in [0.717, 1.165) is 24.2 Å². The predicted molar refractivity (Wildman–Crippen MR) is 74.6 cm³/mol. The topological polar surface area (TPSA) is 68.0 Å². The van der Waals surface area contributed by atoms with Crippen molar-refractivity contribution in [3.05, 3.63) is 18.3 Å². The molecule has 1 aliphatic rings. The Balaban J connectivity index is 1.86. The monoisotopic (exact) mass is 265 g/mol. The molecule has 1 amide bonds. The Hall–Kier alpha value is -1.07. The van der Waals surface area contributed by atoms with E-state index in [4.69, 9.17) is 5.73 Å². The van der Waals surface area contributed by atoms with E-state index in [1.54, 1.807) is 18.0 Å². The van der Waals surface area contributed by atoms with Crippen LogP contribution in [0.5, 0.6) is 0 Å². The van der Waals surface area contributed by atoms with Crippen molar-refractivity contribution in [3.63, 3.8) is 0 Å². The van der Waals surface area contributed by atoms with Crippen LogP contribution in [0.1, 0.15) is 25.7 Å². The maximum absolute atomic E-state index is 11.9. The molecule has 0 bridgehead atoms. The van der Waals surface area contributed by atoms with Gasteiger partial charge in [-0.2, -0.15) is 0 Å². The third-order valence-corrected chi connectivity index (χ3v) is 4.12. The first-order valence-electron chi connectivity index (χ1n) is 6.24. The summed E-state index contributed by atoms with van der Waals surface area (Å²) in [5.41, 5.74) is 5.96. The lowest BCUT2D eigenvalue weighted by Crippen LogP contribution is -2.28. The highest BCUT2D eigenvalue weighted by atomic mass is 32.2. The predicted octanol–water partition coefficient (Wildman–Crippen LogP) is 2.26. The summed E-state index contributed by atoms with van der Waals surface area (Å²) in [4.78, 5) is 17.1. The number of hydrogen-bond acceptors (Lipinski definition) is 4. The molecule has 0 saturated heterocycles. The van der Waals surface area contributed by atoms with Crippen LogP contribution in [0.15, 0.2) is 23.2 Å². The van der Waals surface area contributed by atoms with E-state index in [-0.39, 0.29) is 11.9 Å². The molecule has 0 spiro atoms. The number of carbonyl (C=O) groups excluding carboxylic acids is 1. The first kappa shape index (κ1) is 13.4. The lowest BCUT2D eigenvalue weighted by Gasteiger charge is -2.14. The van der Waals surface area contributed by atoms with Crippen LogP contribution < -0.4 is 11.1 Å². The van der Waals surface area contributed by atoms with E-state index in [1.807, 2.05) is 18.4 Å². The van der Waals surface area contributed by atoms with Gasteiger partial charge in [0, 0.05) is 23.6 Å². The summed E-state index contributed by atoms with van der Waals surface area (Å²) in [5, 5.41) is 2.83. The minimum absolute atomic E-state index is 0.0155. The van der Waals surface area contributed by atoms with Crippen LogP contribution in [0.2, 0.25) is 0 Å². The van der Waals surface area contributed by atoms with Gasteiger partial charge in [-0.3, -0.25) is 4.79 Å². The number of rotatable bonds is 4. The highest BCUT2D eigenvalue weighted by molar-refractivity contribution is 7.98. The van der Waals surface area contributed by atoms with Gasteiger partial charge >= 0.3 is 0 Å². The average Bonchev–Trinajstić information content (AvgIpc) is 2.76. The van der Waals surface area contributed by atoms with Gasteiger partial charge < -0.3 is 11.1 Å². The van der Waals surface area contributed by atoms with E-state index in [0.29, 0.717) is 18.2 Å². The molecule has 1 aromatic rings. The van der Waals surface area contributed by atoms with Crippen molar-refractivity contribution in [3.8, 4) is 0 Å². The molecule has 5 heteroatoms. The normalized spacial score (nSPS) is 23.0. The lowest BCUT2D eigenvalue weighted by atomic mass is 10.00. The SMILES string of the molecule is CSc1ccc(NC(=O)C[C@@H]2CCC[C@H]2N)nc1. The molecule has 2 rings (SSSR count). The van der Waals surface area contributed by atoms with Crippen LogP contribution in [0.4, 0.5) is 5.82 Å². The van der Waals surface area contributed by atoms with Gasteiger partial charge in [0.15, 0.2) is 0 Å². The molecule has 98 valence electrons. The molecule has 1 fully saturated rings. The molecular weight excluding hydrogens is 246 g/mol. The third kappa shape index (κ3) is 3.46. The number of amides is 1. The van der Waals surface area contributed by atoms with Gasteiger partial charge in [0.25, 0.3) is 0 Å². The van der Waals surface area contributed by atoms with Crippen molar-refractivity contribution in [1.82, 2.24) is 4.98 Å². The van der Waals surface area contributed by atoms with Gasteiger partial charge in [0.2, 0.25) is 5.91 Å². The second-order valence-corrected chi connectivity index (χ2v) is 5.57. The molecule has 0 aromatic carbocycles. The van der Waals surface area contributed by atoms with E-state index in [2.05, 4.69) is 10.3 Å². The van der Waals surface area contributed by atoms with Crippen LogP contribution in [0.25, 0.3) is 0 Å². The molecule has 1 heterocycles. The van der Waals surface area contributed by atoms with Crippen LogP contribution in [0.3, 0.4) is 0 Å². The van der Waals surface area contributed by atoms with Gasteiger partial charge in [-0.15, -0.1) is 11.8 Å². The molecule has 1 aliphatic carbocycles.